The van der Waals surface area contributed by atoms with Crippen LogP contribution in [0.25, 0.3) is 0 Å². The van der Waals surface area contributed by atoms with Gasteiger partial charge in [0.2, 0.25) is 0 Å². The van der Waals surface area contributed by atoms with E-state index in [1.165, 1.54) is 12.1 Å². The first-order valence-electron chi connectivity index (χ1n) is 4.67. The van der Waals surface area contributed by atoms with E-state index in [9.17, 15) is 4.39 Å². The molecule has 1 aromatic carbocycles. The summed E-state index contributed by atoms with van der Waals surface area (Å²) in [5.74, 6) is 0.507. The topological polar surface area (TPSA) is 43.8 Å². The average molecular weight is 205 g/mol. The fraction of sp³-hybridized carbons (Fsp3) is 0.182. The lowest BCUT2D eigenvalue weighted by Crippen LogP contribution is -2.16. The molecule has 0 fully saturated rings. The minimum Gasteiger partial charge on any atom is -0.336 e. The minimum absolute atomic E-state index is 0.259. The van der Waals surface area contributed by atoms with Gasteiger partial charge in [-0.05, 0) is 17.7 Å². The second-order valence-corrected chi connectivity index (χ2v) is 3.43. The number of hydrogen-bond acceptors (Lipinski definition) is 2. The lowest BCUT2D eigenvalue weighted by molar-refractivity contribution is 0.625. The maximum absolute atomic E-state index is 12.7. The lowest BCUT2D eigenvalue weighted by atomic mass is 10.1. The highest BCUT2D eigenvalue weighted by Gasteiger charge is 2.12. The summed E-state index contributed by atoms with van der Waals surface area (Å²) >= 11 is 0. The molecule has 0 aliphatic carbocycles. The van der Waals surface area contributed by atoms with Crippen LogP contribution in [0.5, 0.6) is 0 Å². The van der Waals surface area contributed by atoms with E-state index in [0.717, 1.165) is 11.4 Å². The first-order valence-corrected chi connectivity index (χ1v) is 4.67. The van der Waals surface area contributed by atoms with Gasteiger partial charge in [-0.25, -0.2) is 9.37 Å². The third kappa shape index (κ3) is 1.89. The van der Waals surface area contributed by atoms with E-state index in [-0.39, 0.29) is 11.9 Å². The van der Waals surface area contributed by atoms with Gasteiger partial charge in [0.05, 0.1) is 6.04 Å². The van der Waals surface area contributed by atoms with Crippen molar-refractivity contribution in [1.82, 2.24) is 9.55 Å². The van der Waals surface area contributed by atoms with Crippen LogP contribution in [0, 0.1) is 5.82 Å². The van der Waals surface area contributed by atoms with E-state index in [0.29, 0.717) is 0 Å². The Balaban J connectivity index is 2.32. The highest BCUT2D eigenvalue weighted by molar-refractivity contribution is 5.25. The first kappa shape index (κ1) is 9.86. The Hall–Kier alpha value is -1.68. The molecule has 0 unspecified atom stereocenters. The maximum atomic E-state index is 12.7. The maximum Gasteiger partial charge on any atom is 0.129 e. The molecule has 78 valence electrons. The van der Waals surface area contributed by atoms with Crippen molar-refractivity contribution < 1.29 is 4.39 Å². The molecule has 0 saturated heterocycles. The second-order valence-electron chi connectivity index (χ2n) is 3.43. The van der Waals surface area contributed by atoms with E-state index in [2.05, 4.69) is 4.98 Å². The van der Waals surface area contributed by atoms with Crippen molar-refractivity contribution in [3.05, 3.63) is 53.9 Å². The monoisotopic (exact) mass is 205 g/mol. The molecular formula is C11H12FN3. The van der Waals surface area contributed by atoms with Crippen molar-refractivity contribution in [3.8, 4) is 0 Å². The van der Waals surface area contributed by atoms with Gasteiger partial charge in [0.15, 0.2) is 0 Å². The van der Waals surface area contributed by atoms with Crippen LogP contribution in [-0.2, 0) is 7.05 Å². The van der Waals surface area contributed by atoms with Gasteiger partial charge in [-0.2, -0.15) is 0 Å². The zero-order valence-corrected chi connectivity index (χ0v) is 8.39. The Morgan fingerprint density at radius 1 is 1.33 bits per heavy atom. The number of rotatable bonds is 2. The Kier molecular flexibility index (Phi) is 2.51. The average Bonchev–Trinajstić information content (AvgIpc) is 2.65. The van der Waals surface area contributed by atoms with Crippen molar-refractivity contribution in [2.45, 2.75) is 6.04 Å². The van der Waals surface area contributed by atoms with Crippen LogP contribution in [0.1, 0.15) is 17.4 Å². The molecule has 0 saturated carbocycles. The summed E-state index contributed by atoms with van der Waals surface area (Å²) in [4.78, 5) is 4.16. The van der Waals surface area contributed by atoms with E-state index >= 15 is 0 Å². The van der Waals surface area contributed by atoms with Gasteiger partial charge in [-0.3, -0.25) is 0 Å². The van der Waals surface area contributed by atoms with Crippen LogP contribution in [-0.4, -0.2) is 9.55 Å². The molecule has 0 bridgehead atoms. The number of benzene rings is 1. The van der Waals surface area contributed by atoms with Gasteiger partial charge in [-0.15, -0.1) is 0 Å². The van der Waals surface area contributed by atoms with Crippen LogP contribution < -0.4 is 5.73 Å². The van der Waals surface area contributed by atoms with Gasteiger partial charge in [-0.1, -0.05) is 12.1 Å². The van der Waals surface area contributed by atoms with Crippen LogP contribution in [0.15, 0.2) is 36.7 Å². The summed E-state index contributed by atoms with van der Waals surface area (Å²) in [5.41, 5.74) is 6.86. The van der Waals surface area contributed by atoms with E-state index in [4.69, 9.17) is 5.73 Å². The molecule has 1 heterocycles. The van der Waals surface area contributed by atoms with E-state index < -0.39 is 0 Å². The Morgan fingerprint density at radius 2 is 2.00 bits per heavy atom. The molecule has 3 nitrogen and oxygen atoms in total. The normalized spacial score (nSPS) is 12.7. The molecular weight excluding hydrogens is 193 g/mol. The summed E-state index contributed by atoms with van der Waals surface area (Å²) < 4.78 is 14.6. The molecule has 1 aromatic heterocycles. The summed E-state index contributed by atoms with van der Waals surface area (Å²) in [6.07, 6.45) is 3.53. The predicted octanol–water partition coefficient (Wildman–Crippen LogP) is 1.61. The molecule has 0 amide bonds. The first-order chi connectivity index (χ1) is 7.18. The Bertz CT molecular complexity index is 447. The lowest BCUT2D eigenvalue weighted by Gasteiger charge is -2.11. The molecule has 0 aliphatic heterocycles. The number of aromatic nitrogens is 2. The highest BCUT2D eigenvalue weighted by atomic mass is 19.1. The van der Waals surface area contributed by atoms with Crippen molar-refractivity contribution in [3.63, 3.8) is 0 Å². The highest BCUT2D eigenvalue weighted by Crippen LogP contribution is 2.17. The number of aryl methyl sites for hydroxylation is 1. The SMILES string of the molecule is Cn1ccnc1[C@H](N)c1ccc(F)cc1. The fourth-order valence-electron chi connectivity index (χ4n) is 1.50. The Labute approximate surface area is 87.4 Å². The number of halogens is 1. The third-order valence-electron chi connectivity index (χ3n) is 2.37. The van der Waals surface area contributed by atoms with Gasteiger partial charge in [0, 0.05) is 19.4 Å². The van der Waals surface area contributed by atoms with Crippen molar-refractivity contribution in [2.75, 3.05) is 0 Å². The summed E-state index contributed by atoms with van der Waals surface area (Å²) in [6.45, 7) is 0. The van der Waals surface area contributed by atoms with Crippen LogP contribution in [0.2, 0.25) is 0 Å². The van der Waals surface area contributed by atoms with Crippen molar-refractivity contribution >= 4 is 0 Å². The standard InChI is InChI=1S/C11H12FN3/c1-15-7-6-14-11(15)10(13)8-2-4-9(12)5-3-8/h2-7,10H,13H2,1H3/t10-/m1/s1. The fourth-order valence-corrected chi connectivity index (χ4v) is 1.50. The number of nitrogens with zero attached hydrogens (tertiary/aromatic N) is 2. The van der Waals surface area contributed by atoms with Gasteiger partial charge < -0.3 is 10.3 Å². The third-order valence-corrected chi connectivity index (χ3v) is 2.37. The van der Waals surface area contributed by atoms with Gasteiger partial charge in [0.1, 0.15) is 11.6 Å². The van der Waals surface area contributed by atoms with E-state index in [1.54, 1.807) is 18.3 Å². The number of imidazole rings is 1. The predicted molar refractivity (Wildman–Crippen MR) is 55.6 cm³/mol. The number of nitrogens with two attached hydrogens (primary N) is 1. The smallest absolute Gasteiger partial charge is 0.129 e. The molecule has 0 spiro atoms. The van der Waals surface area contributed by atoms with Crippen LogP contribution >= 0.6 is 0 Å². The second kappa shape index (κ2) is 3.82. The minimum atomic E-state index is -0.314. The molecule has 0 radical (unpaired) electrons. The summed E-state index contributed by atoms with van der Waals surface area (Å²) in [5, 5.41) is 0. The van der Waals surface area contributed by atoms with Crippen molar-refractivity contribution in [2.24, 2.45) is 12.8 Å². The van der Waals surface area contributed by atoms with E-state index in [1.807, 2.05) is 17.8 Å². The van der Waals surface area contributed by atoms with Gasteiger partial charge in [0.25, 0.3) is 0 Å². The summed E-state index contributed by atoms with van der Waals surface area (Å²) in [6, 6.07) is 5.84. The largest absolute Gasteiger partial charge is 0.336 e. The summed E-state index contributed by atoms with van der Waals surface area (Å²) in [7, 11) is 1.88. The Morgan fingerprint density at radius 3 is 2.53 bits per heavy atom. The molecule has 2 aromatic rings. The van der Waals surface area contributed by atoms with Crippen molar-refractivity contribution in [1.29, 1.82) is 0 Å². The van der Waals surface area contributed by atoms with Crippen LogP contribution in [0.4, 0.5) is 4.39 Å². The molecule has 2 N–H and O–H groups in total. The zero-order valence-electron chi connectivity index (χ0n) is 8.39. The molecule has 2 rings (SSSR count). The quantitative estimate of drug-likeness (QED) is 0.809. The van der Waals surface area contributed by atoms with Gasteiger partial charge >= 0.3 is 0 Å². The molecule has 4 heteroatoms. The zero-order chi connectivity index (χ0) is 10.8. The van der Waals surface area contributed by atoms with Crippen LogP contribution in [0.3, 0.4) is 0 Å². The number of hydrogen-bond donors (Lipinski definition) is 1. The molecule has 1 atom stereocenters. The molecule has 15 heavy (non-hydrogen) atoms. The molecule has 0 aliphatic rings.